The normalized spacial score (nSPS) is 11.1. The average Bonchev–Trinajstić information content (AvgIpc) is 3.08. The lowest BCUT2D eigenvalue weighted by Gasteiger charge is -2.10. The Morgan fingerprint density at radius 1 is 1.03 bits per heavy atom. The fourth-order valence-electron chi connectivity index (χ4n) is 3.37. The molecule has 4 aromatic rings. The van der Waals surface area contributed by atoms with Crippen molar-refractivity contribution in [1.82, 2.24) is 4.57 Å². The van der Waals surface area contributed by atoms with E-state index in [9.17, 15) is 19.5 Å². The Balaban J connectivity index is 1.63. The van der Waals surface area contributed by atoms with Gasteiger partial charge in [0.25, 0.3) is 0 Å². The van der Waals surface area contributed by atoms with Crippen molar-refractivity contribution in [3.05, 3.63) is 94.5 Å². The number of aldehydes is 1. The topological polar surface area (TPSA) is 102 Å². The number of anilines is 1. The number of oxazole rings is 1. The summed E-state index contributed by atoms with van der Waals surface area (Å²) in [5.41, 5.74) is 4.27. The molecule has 4 rings (SSSR count). The molecule has 1 aromatic heterocycles. The lowest BCUT2D eigenvalue weighted by molar-refractivity contribution is 0.112. The minimum Gasteiger partial charge on any atom is -0.465 e. The van der Waals surface area contributed by atoms with E-state index in [-0.39, 0.29) is 6.54 Å². The second-order valence-corrected chi connectivity index (χ2v) is 6.83. The van der Waals surface area contributed by atoms with E-state index in [0.717, 1.165) is 16.7 Å². The van der Waals surface area contributed by atoms with E-state index in [2.05, 4.69) is 5.32 Å². The fourth-order valence-corrected chi connectivity index (χ4v) is 3.37. The van der Waals surface area contributed by atoms with E-state index < -0.39 is 11.8 Å². The Bertz CT molecular complexity index is 1350. The van der Waals surface area contributed by atoms with Crippen molar-refractivity contribution in [2.75, 3.05) is 5.32 Å². The van der Waals surface area contributed by atoms with Crippen LogP contribution in [-0.4, -0.2) is 22.1 Å². The first-order chi connectivity index (χ1) is 15.0. The highest BCUT2D eigenvalue weighted by Gasteiger charge is 2.10. The van der Waals surface area contributed by atoms with Crippen LogP contribution in [0.15, 0.2) is 82.0 Å². The number of benzene rings is 3. The summed E-state index contributed by atoms with van der Waals surface area (Å²) < 4.78 is 6.64. The molecule has 0 aliphatic rings. The zero-order chi connectivity index (χ0) is 21.8. The summed E-state index contributed by atoms with van der Waals surface area (Å²) in [5.74, 6) is -0.518. The predicted molar refractivity (Wildman–Crippen MR) is 118 cm³/mol. The van der Waals surface area contributed by atoms with E-state index in [1.807, 2.05) is 42.5 Å². The summed E-state index contributed by atoms with van der Waals surface area (Å²) in [5, 5.41) is 11.6. The van der Waals surface area contributed by atoms with Gasteiger partial charge >= 0.3 is 11.8 Å². The van der Waals surface area contributed by atoms with Gasteiger partial charge in [-0.1, -0.05) is 54.6 Å². The number of allylic oxidation sites excluding steroid dienone is 1. The molecule has 0 radical (unpaired) electrons. The van der Waals surface area contributed by atoms with Gasteiger partial charge in [-0.2, -0.15) is 0 Å². The molecule has 0 saturated heterocycles. The molecule has 2 N–H and O–H groups in total. The third kappa shape index (κ3) is 4.30. The number of fused-ring (bicyclic) bond motifs is 1. The Morgan fingerprint density at radius 3 is 2.55 bits per heavy atom. The van der Waals surface area contributed by atoms with Crippen molar-refractivity contribution in [2.45, 2.75) is 6.54 Å². The first kappa shape index (κ1) is 19.9. The van der Waals surface area contributed by atoms with E-state index in [0.29, 0.717) is 28.6 Å². The number of carbonyl (C=O) groups is 2. The molecular weight excluding hydrogens is 396 g/mol. The number of hydrogen-bond donors (Lipinski definition) is 2. The Hall–Kier alpha value is -4.39. The van der Waals surface area contributed by atoms with Crippen LogP contribution in [0.5, 0.6) is 0 Å². The van der Waals surface area contributed by atoms with Crippen LogP contribution >= 0.6 is 0 Å². The molecule has 0 bridgehead atoms. The lowest BCUT2D eigenvalue weighted by Crippen LogP contribution is -2.12. The summed E-state index contributed by atoms with van der Waals surface area (Å²) >= 11 is 0. The number of carbonyl (C=O) groups excluding carboxylic acids is 1. The quantitative estimate of drug-likeness (QED) is 0.438. The summed E-state index contributed by atoms with van der Waals surface area (Å²) in [4.78, 5) is 34.4. The smallest absolute Gasteiger partial charge is 0.420 e. The maximum Gasteiger partial charge on any atom is 0.420 e. The second-order valence-electron chi connectivity index (χ2n) is 6.83. The van der Waals surface area contributed by atoms with Crippen LogP contribution in [0.3, 0.4) is 0 Å². The highest BCUT2D eigenvalue weighted by atomic mass is 16.4. The molecule has 31 heavy (non-hydrogen) atoms. The first-order valence-corrected chi connectivity index (χ1v) is 9.49. The molecule has 7 heteroatoms. The first-order valence-electron chi connectivity index (χ1n) is 9.49. The zero-order valence-corrected chi connectivity index (χ0v) is 16.3. The molecule has 7 nitrogen and oxygen atoms in total. The third-order valence-electron chi connectivity index (χ3n) is 4.80. The highest BCUT2D eigenvalue weighted by Crippen LogP contribution is 2.29. The number of nitrogens with one attached hydrogen (secondary N) is 1. The maximum absolute atomic E-state index is 12.2. The van der Waals surface area contributed by atoms with Crippen LogP contribution in [0.4, 0.5) is 10.5 Å². The molecule has 0 aliphatic heterocycles. The van der Waals surface area contributed by atoms with Crippen LogP contribution in [0.2, 0.25) is 0 Å². The summed E-state index contributed by atoms with van der Waals surface area (Å²) in [6.07, 6.45) is 3.12. The molecule has 1 heterocycles. The van der Waals surface area contributed by atoms with Gasteiger partial charge in [0.2, 0.25) is 0 Å². The lowest BCUT2D eigenvalue weighted by atomic mass is 10.0. The maximum atomic E-state index is 12.2. The predicted octanol–water partition coefficient (Wildman–Crippen LogP) is 4.88. The van der Waals surface area contributed by atoms with Gasteiger partial charge in [-0.25, -0.2) is 9.59 Å². The summed E-state index contributed by atoms with van der Waals surface area (Å²) in [6.45, 7) is 0.232. The number of carboxylic acid groups (broad SMARTS) is 1. The Kier molecular flexibility index (Phi) is 5.49. The minimum atomic E-state index is -1.15. The molecule has 0 aliphatic carbocycles. The number of hydrogen-bond acceptors (Lipinski definition) is 4. The van der Waals surface area contributed by atoms with Crippen LogP contribution in [0.1, 0.15) is 15.9 Å². The molecular formula is C24H18N2O5. The van der Waals surface area contributed by atoms with E-state index in [1.54, 1.807) is 36.4 Å². The Labute approximate surface area is 176 Å². The molecule has 0 atom stereocenters. The number of aromatic nitrogens is 1. The van der Waals surface area contributed by atoms with Gasteiger partial charge in [0.15, 0.2) is 5.58 Å². The molecule has 0 saturated carbocycles. The average molecular weight is 414 g/mol. The van der Waals surface area contributed by atoms with Gasteiger partial charge in [-0.05, 0) is 35.4 Å². The van der Waals surface area contributed by atoms with Gasteiger partial charge in [-0.15, -0.1) is 0 Å². The van der Waals surface area contributed by atoms with Crippen LogP contribution in [0, 0.1) is 0 Å². The number of nitrogens with zero attached hydrogens (tertiary/aromatic N) is 1. The summed E-state index contributed by atoms with van der Waals surface area (Å²) in [6, 6.07) is 19.7. The van der Waals surface area contributed by atoms with Crippen LogP contribution < -0.4 is 11.1 Å². The van der Waals surface area contributed by atoms with Crippen molar-refractivity contribution < 1.29 is 19.1 Å². The SMILES string of the molecule is O=Cc1ccc2oc(=O)n(CC=Cc3ccc(-c4ccccc4)c(NC(=O)O)c3)c2c1. The largest absolute Gasteiger partial charge is 0.465 e. The van der Waals surface area contributed by atoms with Crippen molar-refractivity contribution >= 4 is 35.2 Å². The molecule has 0 spiro atoms. The van der Waals surface area contributed by atoms with Gasteiger partial charge in [0.05, 0.1) is 11.2 Å². The molecule has 0 fully saturated rings. The molecule has 154 valence electrons. The van der Waals surface area contributed by atoms with Gasteiger partial charge < -0.3 is 9.52 Å². The number of amides is 1. The van der Waals surface area contributed by atoms with E-state index in [4.69, 9.17) is 4.42 Å². The van der Waals surface area contributed by atoms with E-state index in [1.165, 1.54) is 4.57 Å². The van der Waals surface area contributed by atoms with Gasteiger partial charge in [0.1, 0.15) is 6.29 Å². The monoisotopic (exact) mass is 414 g/mol. The highest BCUT2D eigenvalue weighted by molar-refractivity contribution is 5.91. The van der Waals surface area contributed by atoms with Gasteiger partial charge in [-0.3, -0.25) is 14.7 Å². The second kappa shape index (κ2) is 8.54. The van der Waals surface area contributed by atoms with Crippen molar-refractivity contribution in [1.29, 1.82) is 0 Å². The van der Waals surface area contributed by atoms with Crippen molar-refractivity contribution in [3.8, 4) is 11.1 Å². The zero-order valence-electron chi connectivity index (χ0n) is 16.3. The van der Waals surface area contributed by atoms with Crippen molar-refractivity contribution in [3.63, 3.8) is 0 Å². The van der Waals surface area contributed by atoms with Crippen LogP contribution in [-0.2, 0) is 6.54 Å². The van der Waals surface area contributed by atoms with Crippen LogP contribution in [0.25, 0.3) is 28.3 Å². The van der Waals surface area contributed by atoms with Crippen molar-refractivity contribution in [2.24, 2.45) is 0 Å². The standard InChI is InChI=1S/C24H18N2O5/c27-15-17-9-11-22-21(14-17)26(24(30)31-22)12-4-5-16-8-10-19(18-6-2-1-3-7-18)20(13-16)25-23(28)29/h1-11,13-15,25H,12H2,(H,28,29). The molecule has 3 aromatic carbocycles. The van der Waals surface area contributed by atoms with Gasteiger partial charge in [0, 0.05) is 17.7 Å². The number of rotatable bonds is 6. The third-order valence-corrected chi connectivity index (χ3v) is 4.80. The molecule has 1 amide bonds. The fraction of sp³-hybridized carbons (Fsp3) is 0.0417. The minimum absolute atomic E-state index is 0.232. The molecule has 0 unspecified atom stereocenters. The Morgan fingerprint density at radius 2 is 1.81 bits per heavy atom. The summed E-state index contributed by atoms with van der Waals surface area (Å²) in [7, 11) is 0. The van der Waals surface area contributed by atoms with E-state index >= 15 is 0 Å².